The van der Waals surface area contributed by atoms with Crippen molar-refractivity contribution in [1.82, 2.24) is 10.2 Å². The molecule has 5 heteroatoms. The number of aliphatic carboxylic acids is 1. The van der Waals surface area contributed by atoms with Gasteiger partial charge in [-0.2, -0.15) is 0 Å². The molecule has 1 heterocycles. The summed E-state index contributed by atoms with van der Waals surface area (Å²) in [6.07, 6.45) is 4.67. The van der Waals surface area contributed by atoms with Gasteiger partial charge in [0.2, 0.25) is 5.91 Å². The van der Waals surface area contributed by atoms with Crippen LogP contribution in [-0.2, 0) is 9.59 Å². The van der Waals surface area contributed by atoms with Crippen molar-refractivity contribution < 1.29 is 14.7 Å². The van der Waals surface area contributed by atoms with Crippen LogP contribution < -0.4 is 5.32 Å². The average molecular weight is 242 g/mol. The van der Waals surface area contributed by atoms with Gasteiger partial charge in [-0.25, -0.2) is 0 Å². The van der Waals surface area contributed by atoms with Gasteiger partial charge in [0.25, 0.3) is 0 Å². The first-order valence-corrected chi connectivity index (χ1v) is 6.29. The quantitative estimate of drug-likeness (QED) is 0.766. The lowest BCUT2D eigenvalue weighted by Crippen LogP contribution is -2.49. The molecule has 1 saturated heterocycles. The molecule has 17 heavy (non-hydrogen) atoms. The lowest BCUT2D eigenvalue weighted by Gasteiger charge is -2.27. The number of amides is 1. The molecule has 0 aromatic heterocycles. The number of carboxylic acid groups (broad SMARTS) is 1. The number of rotatable bonds is 4. The van der Waals surface area contributed by atoms with Crippen LogP contribution in [0.25, 0.3) is 0 Å². The van der Waals surface area contributed by atoms with E-state index in [0.717, 1.165) is 25.9 Å². The van der Waals surface area contributed by atoms with Crippen LogP contribution in [0.15, 0.2) is 0 Å². The van der Waals surface area contributed by atoms with E-state index in [2.05, 4.69) is 10.2 Å². The highest BCUT2D eigenvalue weighted by Crippen LogP contribution is 2.12. The molecule has 98 valence electrons. The Bertz CT molecular complexity index is 273. The molecular formula is C12H22N2O3. The maximum absolute atomic E-state index is 11.9. The van der Waals surface area contributed by atoms with Crippen LogP contribution in [0.5, 0.6) is 0 Å². The fourth-order valence-electron chi connectivity index (χ4n) is 2.04. The summed E-state index contributed by atoms with van der Waals surface area (Å²) >= 11 is 0. The van der Waals surface area contributed by atoms with Crippen molar-refractivity contribution in [2.45, 2.75) is 51.6 Å². The molecule has 1 aliphatic rings. The van der Waals surface area contributed by atoms with Crippen molar-refractivity contribution in [1.29, 1.82) is 0 Å². The van der Waals surface area contributed by atoms with Crippen molar-refractivity contribution >= 4 is 11.9 Å². The topological polar surface area (TPSA) is 69.6 Å². The maximum atomic E-state index is 11.9. The molecule has 0 aliphatic carbocycles. The monoisotopic (exact) mass is 242 g/mol. The zero-order chi connectivity index (χ0) is 12.8. The van der Waals surface area contributed by atoms with Gasteiger partial charge in [-0.15, -0.1) is 0 Å². The van der Waals surface area contributed by atoms with Crippen LogP contribution in [0, 0.1) is 0 Å². The normalized spacial score (nSPS) is 21.3. The van der Waals surface area contributed by atoms with E-state index in [4.69, 9.17) is 5.11 Å². The van der Waals surface area contributed by atoms with Crippen molar-refractivity contribution in [2.75, 3.05) is 13.1 Å². The van der Waals surface area contributed by atoms with Crippen molar-refractivity contribution in [3.05, 3.63) is 0 Å². The van der Waals surface area contributed by atoms with Gasteiger partial charge in [0, 0.05) is 0 Å². The highest BCUT2D eigenvalue weighted by Gasteiger charge is 2.24. The van der Waals surface area contributed by atoms with Crippen LogP contribution in [0.4, 0.5) is 0 Å². The van der Waals surface area contributed by atoms with Crippen LogP contribution in [0.2, 0.25) is 0 Å². The molecule has 2 atom stereocenters. The number of hydrogen-bond acceptors (Lipinski definition) is 3. The van der Waals surface area contributed by atoms with Gasteiger partial charge in [-0.3, -0.25) is 14.5 Å². The van der Waals surface area contributed by atoms with Crippen LogP contribution >= 0.6 is 0 Å². The Balaban J connectivity index is 2.47. The molecule has 0 aromatic rings. The lowest BCUT2D eigenvalue weighted by atomic mass is 10.2. The molecule has 1 fully saturated rings. The minimum absolute atomic E-state index is 0.193. The Morgan fingerprint density at radius 3 is 2.12 bits per heavy atom. The third kappa shape index (κ3) is 4.34. The Morgan fingerprint density at radius 2 is 1.65 bits per heavy atom. The van der Waals surface area contributed by atoms with E-state index >= 15 is 0 Å². The van der Waals surface area contributed by atoms with E-state index in [1.165, 1.54) is 19.8 Å². The molecule has 1 rings (SSSR count). The minimum atomic E-state index is -0.999. The Kier molecular flexibility index (Phi) is 5.41. The first-order valence-electron chi connectivity index (χ1n) is 6.29. The second-order valence-electron chi connectivity index (χ2n) is 4.69. The second-order valence-corrected chi connectivity index (χ2v) is 4.69. The summed E-state index contributed by atoms with van der Waals surface area (Å²) in [4.78, 5) is 24.6. The molecule has 1 unspecified atom stereocenters. The van der Waals surface area contributed by atoms with E-state index in [0.29, 0.717) is 0 Å². The van der Waals surface area contributed by atoms with E-state index < -0.39 is 12.0 Å². The SMILES string of the molecule is CC(C(=O)N[C@@H](C)C(=O)O)N1CCCCCC1. The van der Waals surface area contributed by atoms with Gasteiger partial charge >= 0.3 is 5.97 Å². The Morgan fingerprint density at radius 1 is 1.12 bits per heavy atom. The third-order valence-corrected chi connectivity index (χ3v) is 3.30. The average Bonchev–Trinajstić information content (AvgIpc) is 2.56. The Hall–Kier alpha value is -1.10. The number of nitrogens with one attached hydrogen (secondary N) is 1. The van der Waals surface area contributed by atoms with Crippen molar-refractivity contribution in [3.8, 4) is 0 Å². The maximum Gasteiger partial charge on any atom is 0.325 e. The zero-order valence-corrected chi connectivity index (χ0v) is 10.6. The predicted molar refractivity (Wildman–Crippen MR) is 64.7 cm³/mol. The summed E-state index contributed by atoms with van der Waals surface area (Å²) < 4.78 is 0. The molecule has 0 saturated carbocycles. The molecule has 0 aromatic carbocycles. The first-order chi connectivity index (χ1) is 8.02. The van der Waals surface area contributed by atoms with Gasteiger partial charge in [-0.05, 0) is 39.8 Å². The number of carboxylic acids is 1. The van der Waals surface area contributed by atoms with E-state index in [-0.39, 0.29) is 11.9 Å². The van der Waals surface area contributed by atoms with Gasteiger partial charge in [0.15, 0.2) is 0 Å². The first kappa shape index (κ1) is 14.0. The number of hydrogen-bond donors (Lipinski definition) is 2. The summed E-state index contributed by atoms with van der Waals surface area (Å²) in [7, 11) is 0. The molecule has 0 radical (unpaired) electrons. The molecule has 0 spiro atoms. The van der Waals surface area contributed by atoms with E-state index in [1.54, 1.807) is 0 Å². The number of nitrogens with zero attached hydrogens (tertiary/aromatic N) is 1. The smallest absolute Gasteiger partial charge is 0.325 e. The minimum Gasteiger partial charge on any atom is -0.480 e. The second kappa shape index (κ2) is 6.59. The molecular weight excluding hydrogens is 220 g/mol. The largest absolute Gasteiger partial charge is 0.480 e. The van der Waals surface area contributed by atoms with Crippen molar-refractivity contribution in [3.63, 3.8) is 0 Å². The summed E-state index contributed by atoms with van der Waals surface area (Å²) in [6.45, 7) is 5.18. The molecule has 1 aliphatic heterocycles. The van der Waals surface area contributed by atoms with Gasteiger partial charge in [0.1, 0.15) is 6.04 Å². The Labute approximate surface area is 102 Å². The fourth-order valence-corrected chi connectivity index (χ4v) is 2.04. The highest BCUT2D eigenvalue weighted by atomic mass is 16.4. The number of carbonyl (C=O) groups excluding carboxylic acids is 1. The van der Waals surface area contributed by atoms with Crippen LogP contribution in [-0.4, -0.2) is 47.1 Å². The highest BCUT2D eigenvalue weighted by molar-refractivity contribution is 5.86. The molecule has 5 nitrogen and oxygen atoms in total. The summed E-state index contributed by atoms with van der Waals surface area (Å²) in [5, 5.41) is 11.3. The van der Waals surface area contributed by atoms with Gasteiger partial charge in [0.05, 0.1) is 6.04 Å². The third-order valence-electron chi connectivity index (χ3n) is 3.30. The molecule has 0 bridgehead atoms. The van der Waals surface area contributed by atoms with Crippen LogP contribution in [0.3, 0.4) is 0 Å². The molecule has 2 N–H and O–H groups in total. The van der Waals surface area contributed by atoms with Gasteiger partial charge < -0.3 is 10.4 Å². The number of likely N-dealkylation sites (tertiary alicyclic amines) is 1. The summed E-state index contributed by atoms with van der Waals surface area (Å²) in [5.41, 5.74) is 0. The van der Waals surface area contributed by atoms with E-state index in [9.17, 15) is 9.59 Å². The van der Waals surface area contributed by atoms with Crippen molar-refractivity contribution in [2.24, 2.45) is 0 Å². The number of carbonyl (C=O) groups is 2. The molecule has 1 amide bonds. The fraction of sp³-hybridized carbons (Fsp3) is 0.833. The lowest BCUT2D eigenvalue weighted by molar-refractivity contribution is -0.142. The summed E-state index contributed by atoms with van der Waals surface area (Å²) in [5.74, 6) is -1.19. The summed E-state index contributed by atoms with van der Waals surface area (Å²) in [6, 6.07) is -1.06. The van der Waals surface area contributed by atoms with Crippen LogP contribution in [0.1, 0.15) is 39.5 Å². The van der Waals surface area contributed by atoms with E-state index in [1.807, 2.05) is 6.92 Å². The predicted octanol–water partition coefficient (Wildman–Crippen LogP) is 0.840. The van der Waals surface area contributed by atoms with Gasteiger partial charge in [-0.1, -0.05) is 12.8 Å². The zero-order valence-electron chi connectivity index (χ0n) is 10.6. The standard InChI is InChI=1S/C12H22N2O3/c1-9(12(16)17)13-11(15)10(2)14-7-5-3-4-6-8-14/h9-10H,3-8H2,1-2H3,(H,13,15)(H,16,17)/t9-,10?/m0/s1.